The van der Waals surface area contributed by atoms with Gasteiger partial charge in [-0.05, 0) is 24.3 Å². The number of hydrogen-bond donors (Lipinski definition) is 1. The largest absolute Gasteiger partial charge is 0.328 e. The molecule has 3 aromatic rings. The molecule has 2 aromatic heterocycles. The van der Waals surface area contributed by atoms with Gasteiger partial charge in [-0.2, -0.15) is 0 Å². The van der Waals surface area contributed by atoms with Gasteiger partial charge in [-0.15, -0.1) is 10.1 Å². The first-order chi connectivity index (χ1) is 8.68. The number of aromatic nitrogens is 2. The van der Waals surface area contributed by atoms with Crippen LogP contribution < -0.4 is 0 Å². The Morgan fingerprint density at radius 2 is 1.72 bits per heavy atom. The molecular weight excluding hydrogens is 234 g/mol. The van der Waals surface area contributed by atoms with E-state index in [1.54, 1.807) is 6.20 Å². The first-order valence-electron chi connectivity index (χ1n) is 5.10. The van der Waals surface area contributed by atoms with Crippen molar-refractivity contribution >= 4 is 21.8 Å². The highest BCUT2D eigenvalue weighted by Gasteiger charge is 1.99. The lowest BCUT2D eigenvalue weighted by atomic mass is 10.1. The van der Waals surface area contributed by atoms with E-state index in [-0.39, 0.29) is 0 Å². The van der Waals surface area contributed by atoms with Gasteiger partial charge in [0.25, 0.3) is 5.09 Å². The summed E-state index contributed by atoms with van der Waals surface area (Å²) in [6.07, 6.45) is 3.62. The number of benzene rings is 1. The van der Waals surface area contributed by atoms with Gasteiger partial charge in [-0.25, -0.2) is 0 Å². The highest BCUT2D eigenvalue weighted by molar-refractivity contribution is 6.03. The minimum atomic E-state index is -1.50. The maximum Gasteiger partial charge on any atom is 0.291 e. The molecule has 0 aliphatic rings. The van der Waals surface area contributed by atoms with E-state index in [1.165, 1.54) is 0 Å². The SMILES string of the molecule is O=[N+]([O-])O.c1cnc2c(c1)ccc1ncccc12. The fraction of sp³-hybridized carbons (Fsp3) is 0. The van der Waals surface area contributed by atoms with E-state index in [0.717, 1.165) is 21.8 Å². The summed E-state index contributed by atoms with van der Waals surface area (Å²) < 4.78 is 0. The van der Waals surface area contributed by atoms with Gasteiger partial charge in [0.2, 0.25) is 0 Å². The predicted octanol–water partition coefficient (Wildman–Crippen LogP) is 2.44. The maximum atomic E-state index is 8.36. The van der Waals surface area contributed by atoms with Crippen molar-refractivity contribution in [3.63, 3.8) is 0 Å². The van der Waals surface area contributed by atoms with Crippen LogP contribution in [0.25, 0.3) is 21.8 Å². The van der Waals surface area contributed by atoms with Gasteiger partial charge >= 0.3 is 0 Å². The minimum absolute atomic E-state index is 0.999. The van der Waals surface area contributed by atoms with E-state index >= 15 is 0 Å². The summed E-state index contributed by atoms with van der Waals surface area (Å²) in [5.74, 6) is 0. The maximum absolute atomic E-state index is 8.36. The molecule has 0 fully saturated rings. The number of nitrogens with zero attached hydrogens (tertiary/aromatic N) is 3. The second-order valence-corrected chi connectivity index (χ2v) is 3.45. The fourth-order valence-electron chi connectivity index (χ4n) is 1.70. The molecule has 0 aliphatic carbocycles. The summed E-state index contributed by atoms with van der Waals surface area (Å²) >= 11 is 0. The van der Waals surface area contributed by atoms with E-state index in [1.807, 2.05) is 24.4 Å². The molecule has 0 spiro atoms. The van der Waals surface area contributed by atoms with Crippen molar-refractivity contribution in [2.24, 2.45) is 0 Å². The second kappa shape index (κ2) is 5.05. The predicted molar refractivity (Wildman–Crippen MR) is 65.8 cm³/mol. The van der Waals surface area contributed by atoms with Crippen molar-refractivity contribution in [2.75, 3.05) is 0 Å². The molecule has 0 saturated carbocycles. The van der Waals surface area contributed by atoms with Crippen LogP contribution in [-0.2, 0) is 0 Å². The third-order valence-electron chi connectivity index (χ3n) is 2.35. The topological polar surface area (TPSA) is 89.2 Å². The monoisotopic (exact) mass is 243 g/mol. The van der Waals surface area contributed by atoms with E-state index in [9.17, 15) is 0 Å². The van der Waals surface area contributed by atoms with E-state index < -0.39 is 5.09 Å². The van der Waals surface area contributed by atoms with Gasteiger partial charge in [0, 0.05) is 23.2 Å². The van der Waals surface area contributed by atoms with Crippen LogP contribution in [0, 0.1) is 10.1 Å². The molecule has 0 atom stereocenters. The summed E-state index contributed by atoms with van der Waals surface area (Å²) in [5, 5.41) is 15.9. The van der Waals surface area contributed by atoms with Crippen LogP contribution >= 0.6 is 0 Å². The molecule has 1 N–H and O–H groups in total. The van der Waals surface area contributed by atoms with Crippen molar-refractivity contribution in [3.05, 3.63) is 58.9 Å². The van der Waals surface area contributed by atoms with E-state index in [0.29, 0.717) is 0 Å². The highest BCUT2D eigenvalue weighted by atomic mass is 16.9. The number of rotatable bonds is 0. The first-order valence-corrected chi connectivity index (χ1v) is 5.10. The van der Waals surface area contributed by atoms with Gasteiger partial charge in [0.15, 0.2) is 0 Å². The van der Waals surface area contributed by atoms with E-state index in [2.05, 4.69) is 28.2 Å². The lowest BCUT2D eigenvalue weighted by Gasteiger charge is -2.00. The lowest BCUT2D eigenvalue weighted by molar-refractivity contribution is -0.742. The van der Waals surface area contributed by atoms with Crippen LogP contribution in [0.5, 0.6) is 0 Å². The molecule has 3 rings (SSSR count). The molecule has 2 heterocycles. The van der Waals surface area contributed by atoms with Gasteiger partial charge in [-0.3, -0.25) is 9.97 Å². The quantitative estimate of drug-likeness (QED) is 0.372. The Bertz CT molecular complexity index is 641. The Hall–Kier alpha value is -2.76. The highest BCUT2D eigenvalue weighted by Crippen LogP contribution is 2.20. The Balaban J connectivity index is 0.000000267. The van der Waals surface area contributed by atoms with Crippen LogP contribution in [0.3, 0.4) is 0 Å². The molecule has 6 nitrogen and oxygen atoms in total. The second-order valence-electron chi connectivity index (χ2n) is 3.45. The summed E-state index contributed by atoms with van der Waals surface area (Å²) in [5.41, 5.74) is 2.02. The molecule has 0 radical (unpaired) electrons. The average molecular weight is 243 g/mol. The molecule has 0 amide bonds. The molecule has 1 aromatic carbocycles. The first kappa shape index (κ1) is 11.7. The molecule has 0 aliphatic heterocycles. The zero-order chi connectivity index (χ0) is 13.0. The van der Waals surface area contributed by atoms with Gasteiger partial charge in [-0.1, -0.05) is 12.1 Å². The van der Waals surface area contributed by atoms with Crippen LogP contribution in [0.4, 0.5) is 0 Å². The average Bonchev–Trinajstić information content (AvgIpc) is 2.38. The molecule has 0 bridgehead atoms. The zero-order valence-electron chi connectivity index (χ0n) is 9.22. The van der Waals surface area contributed by atoms with Crippen molar-refractivity contribution in [1.82, 2.24) is 9.97 Å². The summed E-state index contributed by atoms with van der Waals surface area (Å²) in [7, 11) is 0. The third kappa shape index (κ3) is 2.49. The lowest BCUT2D eigenvalue weighted by Crippen LogP contribution is -1.82. The summed E-state index contributed by atoms with van der Waals surface area (Å²) in [6.45, 7) is 0. The Kier molecular flexibility index (Phi) is 3.29. The van der Waals surface area contributed by atoms with Crippen LogP contribution in [-0.4, -0.2) is 20.3 Å². The summed E-state index contributed by atoms with van der Waals surface area (Å²) in [6, 6.07) is 12.1. The molecule has 6 heteroatoms. The van der Waals surface area contributed by atoms with Crippen LogP contribution in [0.1, 0.15) is 0 Å². The van der Waals surface area contributed by atoms with Gasteiger partial charge in [0.05, 0.1) is 11.0 Å². The van der Waals surface area contributed by atoms with Gasteiger partial charge < -0.3 is 5.21 Å². The number of fused-ring (bicyclic) bond motifs is 3. The van der Waals surface area contributed by atoms with Crippen molar-refractivity contribution < 1.29 is 10.3 Å². The molecule has 0 saturated heterocycles. The van der Waals surface area contributed by atoms with Crippen LogP contribution in [0.2, 0.25) is 0 Å². The Labute approximate surface area is 102 Å². The Morgan fingerprint density at radius 3 is 2.50 bits per heavy atom. The standard InChI is InChI=1S/C12H8N2.HNO3/c1-3-9-5-6-11-10(4-2-7-13-11)12(9)14-8-1;2-1(3)4/h1-8H;(H,2,3,4). The minimum Gasteiger partial charge on any atom is -0.328 e. The number of pyridine rings is 2. The number of hydrogen-bond acceptors (Lipinski definition) is 4. The third-order valence-corrected chi connectivity index (χ3v) is 2.35. The summed E-state index contributed by atoms with van der Waals surface area (Å²) in [4.78, 5) is 17.0. The smallest absolute Gasteiger partial charge is 0.291 e. The van der Waals surface area contributed by atoms with E-state index in [4.69, 9.17) is 15.3 Å². The zero-order valence-corrected chi connectivity index (χ0v) is 9.22. The fourth-order valence-corrected chi connectivity index (χ4v) is 1.70. The van der Waals surface area contributed by atoms with Crippen molar-refractivity contribution in [1.29, 1.82) is 0 Å². The van der Waals surface area contributed by atoms with Gasteiger partial charge in [0.1, 0.15) is 0 Å². The molecular formula is C12H9N3O3. The molecule has 18 heavy (non-hydrogen) atoms. The van der Waals surface area contributed by atoms with Crippen LogP contribution in [0.15, 0.2) is 48.8 Å². The Morgan fingerprint density at radius 1 is 1.06 bits per heavy atom. The van der Waals surface area contributed by atoms with Crippen molar-refractivity contribution in [3.8, 4) is 0 Å². The molecule has 90 valence electrons. The normalized spacial score (nSPS) is 9.78. The molecule has 0 unspecified atom stereocenters. The van der Waals surface area contributed by atoms with Crippen molar-refractivity contribution in [2.45, 2.75) is 0 Å².